The molecule has 1 aliphatic rings. The molecule has 3 aromatic carbocycles. The van der Waals surface area contributed by atoms with E-state index < -0.39 is 11.5 Å². The van der Waals surface area contributed by atoms with E-state index in [1.165, 1.54) is 0 Å². The van der Waals surface area contributed by atoms with Crippen LogP contribution in [0.4, 0.5) is 0 Å². The van der Waals surface area contributed by atoms with Gasteiger partial charge in [-0.1, -0.05) is 48.5 Å². The van der Waals surface area contributed by atoms with E-state index in [1.54, 1.807) is 42.5 Å². The quantitative estimate of drug-likeness (QED) is 0.535. The van der Waals surface area contributed by atoms with E-state index in [4.69, 9.17) is 10.5 Å². The van der Waals surface area contributed by atoms with Gasteiger partial charge in [-0.25, -0.2) is 0 Å². The lowest BCUT2D eigenvalue weighted by Crippen LogP contribution is -2.43. The molecule has 1 unspecified atom stereocenters. The van der Waals surface area contributed by atoms with Crippen LogP contribution in [0.2, 0.25) is 0 Å². The summed E-state index contributed by atoms with van der Waals surface area (Å²) in [6, 6.07) is 21.7. The highest BCUT2D eigenvalue weighted by Crippen LogP contribution is 2.34. The van der Waals surface area contributed by atoms with Crippen molar-refractivity contribution in [3.63, 3.8) is 0 Å². The Kier molecular flexibility index (Phi) is 6.23. The predicted molar refractivity (Wildman–Crippen MR) is 121 cm³/mol. The molecule has 0 fully saturated rings. The van der Waals surface area contributed by atoms with Gasteiger partial charge >= 0.3 is 0 Å². The molecule has 164 valence electrons. The van der Waals surface area contributed by atoms with Crippen molar-refractivity contribution in [2.24, 2.45) is 5.73 Å². The zero-order valence-corrected chi connectivity index (χ0v) is 17.7. The number of carbonyl (C=O) groups excluding carboxylic acids is 2. The maximum atomic E-state index is 12.8. The van der Waals surface area contributed by atoms with Crippen molar-refractivity contribution in [1.82, 2.24) is 5.32 Å². The van der Waals surface area contributed by atoms with Crippen LogP contribution in [0.5, 0.6) is 5.75 Å². The first-order valence-electron chi connectivity index (χ1n) is 10.7. The molecule has 0 radical (unpaired) electrons. The fourth-order valence-corrected chi connectivity index (χ4v) is 4.17. The highest BCUT2D eigenvalue weighted by atomic mass is 16.5. The number of nitrogens with one attached hydrogen (secondary N) is 1. The molecule has 4 N–H and O–H groups in total. The predicted octanol–water partition coefficient (Wildman–Crippen LogP) is 3.32. The summed E-state index contributed by atoms with van der Waals surface area (Å²) in [7, 11) is 0. The fourth-order valence-electron chi connectivity index (χ4n) is 4.17. The molecular formula is C26H26N2O4. The van der Waals surface area contributed by atoms with Gasteiger partial charge in [-0.3, -0.25) is 9.59 Å². The molecule has 6 nitrogen and oxygen atoms in total. The Morgan fingerprint density at radius 3 is 2.66 bits per heavy atom. The lowest BCUT2D eigenvalue weighted by Gasteiger charge is -2.34. The largest absolute Gasteiger partial charge is 0.488 e. The SMILES string of the molecule is NC(=O)c1ccccc1OCc1cccc(C(=O)NCC2(O)CCCc3ccccc32)c1. The van der Waals surface area contributed by atoms with Gasteiger partial charge in [0.25, 0.3) is 11.8 Å². The van der Waals surface area contributed by atoms with E-state index in [9.17, 15) is 14.7 Å². The highest BCUT2D eigenvalue weighted by Gasteiger charge is 2.34. The lowest BCUT2D eigenvalue weighted by molar-refractivity contribution is 0.0189. The van der Waals surface area contributed by atoms with Crippen molar-refractivity contribution < 1.29 is 19.4 Å². The molecule has 0 aliphatic heterocycles. The number of nitrogens with two attached hydrogens (primary N) is 1. The summed E-state index contributed by atoms with van der Waals surface area (Å²) in [5.41, 5.74) is 7.90. The third-order valence-corrected chi connectivity index (χ3v) is 5.83. The second-order valence-electron chi connectivity index (χ2n) is 8.07. The summed E-state index contributed by atoms with van der Waals surface area (Å²) in [4.78, 5) is 24.3. The summed E-state index contributed by atoms with van der Waals surface area (Å²) in [5, 5.41) is 14.1. The Labute approximate surface area is 187 Å². The minimum Gasteiger partial charge on any atom is -0.488 e. The third-order valence-electron chi connectivity index (χ3n) is 5.83. The summed E-state index contributed by atoms with van der Waals surface area (Å²) in [6.07, 6.45) is 2.42. The molecule has 0 saturated heterocycles. The number of ether oxygens (including phenoxy) is 1. The number of para-hydroxylation sites is 1. The zero-order chi connectivity index (χ0) is 22.6. The Morgan fingerprint density at radius 2 is 1.81 bits per heavy atom. The monoisotopic (exact) mass is 430 g/mol. The molecule has 0 spiro atoms. The van der Waals surface area contributed by atoms with Gasteiger partial charge in [-0.05, 0) is 60.2 Å². The van der Waals surface area contributed by atoms with Crippen molar-refractivity contribution >= 4 is 11.8 Å². The van der Waals surface area contributed by atoms with Gasteiger partial charge in [0.15, 0.2) is 0 Å². The van der Waals surface area contributed by atoms with Crippen molar-refractivity contribution in [2.45, 2.75) is 31.5 Å². The minimum atomic E-state index is -1.07. The molecule has 3 aromatic rings. The average Bonchev–Trinajstić information content (AvgIpc) is 2.82. The van der Waals surface area contributed by atoms with Gasteiger partial charge in [-0.15, -0.1) is 0 Å². The molecular weight excluding hydrogens is 404 g/mol. The van der Waals surface area contributed by atoms with Crippen LogP contribution in [0.15, 0.2) is 72.8 Å². The van der Waals surface area contributed by atoms with Gasteiger partial charge in [0, 0.05) is 5.56 Å². The van der Waals surface area contributed by atoms with Gasteiger partial charge in [-0.2, -0.15) is 0 Å². The van der Waals surface area contributed by atoms with Gasteiger partial charge in [0.2, 0.25) is 0 Å². The first-order valence-corrected chi connectivity index (χ1v) is 10.7. The number of aryl methyl sites for hydroxylation is 1. The molecule has 0 aromatic heterocycles. The van der Waals surface area contributed by atoms with Crippen molar-refractivity contribution in [1.29, 1.82) is 0 Å². The summed E-state index contributed by atoms with van der Waals surface area (Å²) in [6.45, 7) is 0.332. The molecule has 1 aliphatic carbocycles. The normalized spacial score (nSPS) is 17.3. The van der Waals surface area contributed by atoms with Crippen molar-refractivity contribution in [3.05, 3.63) is 101 Å². The van der Waals surface area contributed by atoms with Crippen LogP contribution in [-0.4, -0.2) is 23.5 Å². The maximum absolute atomic E-state index is 12.8. The molecule has 6 heteroatoms. The smallest absolute Gasteiger partial charge is 0.252 e. The molecule has 32 heavy (non-hydrogen) atoms. The van der Waals surface area contributed by atoms with E-state index in [0.717, 1.165) is 29.5 Å². The van der Waals surface area contributed by atoms with Crippen LogP contribution < -0.4 is 15.8 Å². The van der Waals surface area contributed by atoms with Crippen LogP contribution in [0.25, 0.3) is 0 Å². The standard InChI is InChI=1S/C26H26N2O4/c27-24(29)21-11-2-4-13-23(21)32-16-18-7-5-9-20(15-18)25(30)28-17-26(31)14-6-10-19-8-1-3-12-22(19)26/h1-5,7-9,11-13,15,31H,6,10,14,16-17H2,(H2,27,29)(H,28,30). The Morgan fingerprint density at radius 1 is 1.03 bits per heavy atom. The molecule has 0 bridgehead atoms. The Bertz CT molecular complexity index is 1140. The molecule has 0 saturated carbocycles. The van der Waals surface area contributed by atoms with Crippen molar-refractivity contribution in [2.75, 3.05) is 6.54 Å². The molecule has 0 heterocycles. The molecule has 1 atom stereocenters. The number of hydrogen-bond acceptors (Lipinski definition) is 4. The van der Waals surface area contributed by atoms with Crippen LogP contribution >= 0.6 is 0 Å². The minimum absolute atomic E-state index is 0.148. The van der Waals surface area contributed by atoms with Gasteiger partial charge in [0.05, 0.1) is 12.1 Å². The first-order chi connectivity index (χ1) is 15.5. The number of carbonyl (C=O) groups is 2. The van der Waals surface area contributed by atoms with E-state index in [0.29, 0.717) is 23.3 Å². The number of primary amides is 1. The lowest BCUT2D eigenvalue weighted by atomic mass is 9.79. The number of amides is 2. The van der Waals surface area contributed by atoms with Crippen LogP contribution in [0.3, 0.4) is 0 Å². The average molecular weight is 431 g/mol. The Hall–Kier alpha value is -3.64. The zero-order valence-electron chi connectivity index (χ0n) is 17.7. The third kappa shape index (κ3) is 4.65. The summed E-state index contributed by atoms with van der Waals surface area (Å²) >= 11 is 0. The van der Waals surface area contributed by atoms with Crippen LogP contribution in [-0.2, 0) is 18.6 Å². The van der Waals surface area contributed by atoms with Crippen LogP contribution in [0.1, 0.15) is 50.2 Å². The van der Waals surface area contributed by atoms with Crippen LogP contribution in [0, 0.1) is 0 Å². The number of hydrogen-bond donors (Lipinski definition) is 3. The van der Waals surface area contributed by atoms with Gasteiger partial charge in [0.1, 0.15) is 18.0 Å². The van der Waals surface area contributed by atoms with E-state index in [2.05, 4.69) is 5.32 Å². The summed E-state index contributed by atoms with van der Waals surface area (Å²) < 4.78 is 5.76. The van der Waals surface area contributed by atoms with Crippen molar-refractivity contribution in [3.8, 4) is 5.75 Å². The maximum Gasteiger partial charge on any atom is 0.252 e. The molecule has 2 amide bonds. The highest BCUT2D eigenvalue weighted by molar-refractivity contribution is 5.95. The number of rotatable bonds is 7. The first kappa shape index (κ1) is 21.6. The van der Waals surface area contributed by atoms with E-state index in [-0.39, 0.29) is 19.1 Å². The number of fused-ring (bicyclic) bond motifs is 1. The van der Waals surface area contributed by atoms with Gasteiger partial charge < -0.3 is 20.9 Å². The second kappa shape index (κ2) is 9.24. The summed E-state index contributed by atoms with van der Waals surface area (Å²) in [5.74, 6) is -0.426. The second-order valence-corrected chi connectivity index (χ2v) is 8.07. The van der Waals surface area contributed by atoms with E-state index >= 15 is 0 Å². The topological polar surface area (TPSA) is 102 Å². The van der Waals surface area contributed by atoms with E-state index in [1.807, 2.05) is 30.3 Å². The number of benzene rings is 3. The molecule has 4 rings (SSSR count). The fraction of sp³-hybridized carbons (Fsp3) is 0.231. The Balaban J connectivity index is 1.42. The number of aliphatic hydroxyl groups is 1.